The molecule has 220 valence electrons. The van der Waals surface area contributed by atoms with Gasteiger partial charge in [0, 0.05) is 21.6 Å². The van der Waals surface area contributed by atoms with Crippen LogP contribution in [0.25, 0.3) is 0 Å². The molecule has 0 saturated carbocycles. The number of halogens is 5. The Morgan fingerprint density at radius 3 is 2.07 bits per heavy atom. The molecule has 0 aliphatic carbocycles. The van der Waals surface area contributed by atoms with Crippen LogP contribution in [-0.2, 0) is 26.4 Å². The lowest BCUT2D eigenvalue weighted by molar-refractivity contribution is -0.274. The van der Waals surface area contributed by atoms with Crippen molar-refractivity contribution < 1.29 is 39.5 Å². The molecule has 0 bridgehead atoms. The molecule has 1 amide bonds. The lowest BCUT2D eigenvalue weighted by Crippen LogP contribution is -2.26. The predicted octanol–water partition coefficient (Wildman–Crippen LogP) is 6.56. The first-order valence-corrected chi connectivity index (χ1v) is 15.8. The molecular formula is C27H19BrClF3N2O6S2. The van der Waals surface area contributed by atoms with Gasteiger partial charge in [-0.3, -0.25) is 9.52 Å². The van der Waals surface area contributed by atoms with E-state index in [9.17, 15) is 34.8 Å². The van der Waals surface area contributed by atoms with Crippen molar-refractivity contribution in [3.63, 3.8) is 0 Å². The standard InChI is InChI=1S/C27H19BrClF3N2O6S2/c28-18-5-9-20(10-6-18)41(36,37)22-13-14-24(34-42(38,39)21-11-7-19(29)8-12-21)23(15-22)26(35)33-16-17-3-1-2-4-25(17)40-27(30,31)32/h1-15,34H,16H2,(H,33,35). The molecule has 0 aliphatic heterocycles. The Morgan fingerprint density at radius 2 is 1.43 bits per heavy atom. The maximum atomic E-state index is 13.3. The van der Waals surface area contributed by atoms with E-state index in [1.807, 2.05) is 0 Å². The Kier molecular flexibility index (Phi) is 9.21. The zero-order valence-electron chi connectivity index (χ0n) is 21.0. The molecule has 0 radical (unpaired) electrons. The second-order valence-corrected chi connectivity index (χ2v) is 13.5. The van der Waals surface area contributed by atoms with Crippen molar-refractivity contribution in [3.8, 4) is 5.75 Å². The lowest BCUT2D eigenvalue weighted by Gasteiger charge is -2.16. The minimum Gasteiger partial charge on any atom is -0.405 e. The summed E-state index contributed by atoms with van der Waals surface area (Å²) >= 11 is 9.07. The van der Waals surface area contributed by atoms with Crippen molar-refractivity contribution in [3.05, 3.63) is 112 Å². The first-order valence-electron chi connectivity index (χ1n) is 11.7. The highest BCUT2D eigenvalue weighted by Gasteiger charge is 2.32. The number of nitrogens with one attached hydrogen (secondary N) is 2. The van der Waals surface area contributed by atoms with E-state index in [4.69, 9.17) is 11.6 Å². The molecule has 4 rings (SSSR count). The number of anilines is 1. The number of alkyl halides is 3. The van der Waals surface area contributed by atoms with E-state index in [0.717, 1.165) is 24.3 Å². The van der Waals surface area contributed by atoms with Crippen LogP contribution >= 0.6 is 27.5 Å². The Labute approximate surface area is 252 Å². The van der Waals surface area contributed by atoms with Gasteiger partial charge in [0.1, 0.15) is 5.75 Å². The molecule has 42 heavy (non-hydrogen) atoms. The summed E-state index contributed by atoms with van der Waals surface area (Å²) in [5, 5.41) is 2.68. The summed E-state index contributed by atoms with van der Waals surface area (Å²) in [6.07, 6.45) is -4.98. The highest BCUT2D eigenvalue weighted by atomic mass is 79.9. The molecule has 4 aromatic carbocycles. The molecule has 0 aromatic heterocycles. The molecule has 0 aliphatic rings. The van der Waals surface area contributed by atoms with Gasteiger partial charge in [0.05, 0.1) is 25.9 Å². The van der Waals surface area contributed by atoms with Crippen LogP contribution in [0.2, 0.25) is 5.02 Å². The van der Waals surface area contributed by atoms with E-state index in [2.05, 4.69) is 30.7 Å². The third kappa shape index (κ3) is 7.62. The van der Waals surface area contributed by atoms with Crippen LogP contribution in [0.5, 0.6) is 5.75 Å². The summed E-state index contributed by atoms with van der Waals surface area (Å²) in [5.74, 6) is -1.53. The third-order valence-electron chi connectivity index (χ3n) is 5.68. The minimum absolute atomic E-state index is 0.0369. The zero-order valence-corrected chi connectivity index (χ0v) is 25.0. The van der Waals surface area contributed by atoms with Crippen LogP contribution < -0.4 is 14.8 Å². The fourth-order valence-corrected chi connectivity index (χ4v) is 6.44. The number of carbonyl (C=O) groups is 1. The van der Waals surface area contributed by atoms with Gasteiger partial charge < -0.3 is 10.1 Å². The maximum Gasteiger partial charge on any atom is 0.573 e. The second kappa shape index (κ2) is 12.3. The first kappa shape index (κ1) is 31.3. The number of sulfonamides is 1. The second-order valence-electron chi connectivity index (χ2n) is 8.56. The third-order valence-corrected chi connectivity index (χ3v) is 9.61. The van der Waals surface area contributed by atoms with Gasteiger partial charge in [0.2, 0.25) is 9.84 Å². The van der Waals surface area contributed by atoms with E-state index in [0.29, 0.717) is 4.47 Å². The molecule has 0 heterocycles. The fraction of sp³-hybridized carbons (Fsp3) is 0.0741. The molecule has 8 nitrogen and oxygen atoms in total. The first-order chi connectivity index (χ1) is 19.7. The summed E-state index contributed by atoms with van der Waals surface area (Å²) in [5.41, 5.74) is -0.720. The Balaban J connectivity index is 1.72. The predicted molar refractivity (Wildman–Crippen MR) is 153 cm³/mol. The van der Waals surface area contributed by atoms with Gasteiger partial charge in [-0.05, 0) is 72.8 Å². The van der Waals surface area contributed by atoms with Crippen molar-refractivity contribution in [1.29, 1.82) is 0 Å². The fourth-order valence-electron chi connectivity index (χ4n) is 3.68. The number of ether oxygens (including phenoxy) is 1. The van der Waals surface area contributed by atoms with Gasteiger partial charge in [-0.25, -0.2) is 16.8 Å². The van der Waals surface area contributed by atoms with Gasteiger partial charge >= 0.3 is 6.36 Å². The SMILES string of the molecule is O=C(NCc1ccccc1OC(F)(F)F)c1cc(S(=O)(=O)c2ccc(Br)cc2)ccc1NS(=O)(=O)c1ccc(Cl)cc1. The van der Waals surface area contributed by atoms with E-state index < -0.39 is 50.0 Å². The molecule has 0 atom stereocenters. The van der Waals surface area contributed by atoms with Crippen molar-refractivity contribution in [2.45, 2.75) is 27.6 Å². The monoisotopic (exact) mass is 702 g/mol. The smallest absolute Gasteiger partial charge is 0.405 e. The Hall–Kier alpha value is -3.59. The van der Waals surface area contributed by atoms with Gasteiger partial charge in [-0.2, -0.15) is 0 Å². The van der Waals surface area contributed by atoms with Crippen molar-refractivity contribution in [1.82, 2.24) is 5.32 Å². The highest BCUT2D eigenvalue weighted by molar-refractivity contribution is 9.10. The van der Waals surface area contributed by atoms with Crippen LogP contribution in [0.1, 0.15) is 15.9 Å². The van der Waals surface area contributed by atoms with Gasteiger partial charge in [0.25, 0.3) is 15.9 Å². The number of rotatable bonds is 9. The van der Waals surface area contributed by atoms with E-state index in [1.54, 1.807) is 0 Å². The number of sulfone groups is 1. The molecule has 0 saturated heterocycles. The molecule has 0 unspecified atom stereocenters. The highest BCUT2D eigenvalue weighted by Crippen LogP contribution is 2.30. The van der Waals surface area contributed by atoms with Crippen LogP contribution in [0.15, 0.2) is 110 Å². The van der Waals surface area contributed by atoms with E-state index in [1.165, 1.54) is 66.7 Å². The molecule has 15 heteroatoms. The van der Waals surface area contributed by atoms with Gasteiger partial charge in [-0.15, -0.1) is 13.2 Å². The maximum absolute atomic E-state index is 13.3. The van der Waals surface area contributed by atoms with Gasteiger partial charge in [0.15, 0.2) is 0 Å². The quantitative estimate of drug-likeness (QED) is 0.204. The number of para-hydroxylation sites is 1. The lowest BCUT2D eigenvalue weighted by atomic mass is 10.1. The van der Waals surface area contributed by atoms with E-state index >= 15 is 0 Å². The zero-order chi connectivity index (χ0) is 30.7. The number of amides is 1. The number of hydrogen-bond donors (Lipinski definition) is 2. The largest absolute Gasteiger partial charge is 0.573 e. The van der Waals surface area contributed by atoms with Crippen LogP contribution in [-0.4, -0.2) is 29.1 Å². The van der Waals surface area contributed by atoms with Crippen LogP contribution in [0.4, 0.5) is 18.9 Å². The van der Waals surface area contributed by atoms with Gasteiger partial charge in [-0.1, -0.05) is 45.7 Å². The summed E-state index contributed by atoms with van der Waals surface area (Å²) in [6.45, 7) is -0.460. The molecule has 0 fully saturated rings. The van der Waals surface area contributed by atoms with Crippen LogP contribution in [0.3, 0.4) is 0 Å². The number of carbonyl (C=O) groups excluding carboxylic acids is 1. The Morgan fingerprint density at radius 1 is 0.833 bits per heavy atom. The molecule has 0 spiro atoms. The average molecular weight is 704 g/mol. The van der Waals surface area contributed by atoms with Crippen molar-refractivity contribution in [2.75, 3.05) is 4.72 Å². The Bertz CT molecular complexity index is 1840. The molecule has 2 N–H and O–H groups in total. The summed E-state index contributed by atoms with van der Waals surface area (Å²) in [7, 11) is -8.43. The minimum atomic E-state index is -4.98. The summed E-state index contributed by atoms with van der Waals surface area (Å²) in [4.78, 5) is 12.7. The summed E-state index contributed by atoms with van der Waals surface area (Å²) < 4.78 is 98.1. The number of hydrogen-bond acceptors (Lipinski definition) is 6. The molecule has 4 aromatic rings. The summed E-state index contributed by atoms with van der Waals surface area (Å²) in [6, 6.07) is 19.2. The van der Waals surface area contributed by atoms with Crippen LogP contribution in [0, 0.1) is 0 Å². The number of benzene rings is 4. The topological polar surface area (TPSA) is 119 Å². The molecular weight excluding hydrogens is 685 g/mol. The normalized spacial score (nSPS) is 12.0. The van der Waals surface area contributed by atoms with Crippen molar-refractivity contribution >= 4 is 59.0 Å². The average Bonchev–Trinajstić information content (AvgIpc) is 2.92. The van der Waals surface area contributed by atoms with Crippen molar-refractivity contribution in [2.24, 2.45) is 0 Å². The van der Waals surface area contributed by atoms with E-state index in [-0.39, 0.29) is 31.0 Å².